The highest BCUT2D eigenvalue weighted by Gasteiger charge is 2.19. The molecule has 3 amide bonds. The second-order valence-electron chi connectivity index (χ2n) is 3.29. The van der Waals surface area contributed by atoms with Gasteiger partial charge in [0.05, 0.1) is 0 Å². The summed E-state index contributed by atoms with van der Waals surface area (Å²) in [6, 6.07) is -1.66. The van der Waals surface area contributed by atoms with Crippen LogP contribution in [0.1, 0.15) is 12.8 Å². The molecule has 0 aromatic carbocycles. The van der Waals surface area contributed by atoms with Crippen LogP contribution in [0.25, 0.3) is 0 Å². The van der Waals surface area contributed by atoms with E-state index in [1.807, 2.05) is 6.26 Å². The summed E-state index contributed by atoms with van der Waals surface area (Å²) >= 11 is 1.56. The lowest BCUT2D eigenvalue weighted by Gasteiger charge is -2.14. The number of hydrogen-bond donors (Lipinski definition) is 4. The molecule has 5 N–H and O–H groups in total. The van der Waals surface area contributed by atoms with Crippen molar-refractivity contribution in [1.82, 2.24) is 10.6 Å². The number of carboxylic acids is 1. The van der Waals surface area contributed by atoms with Crippen LogP contribution in [0, 0.1) is 0 Å². The number of rotatable bonds is 8. The van der Waals surface area contributed by atoms with Crippen molar-refractivity contribution in [2.75, 3.05) is 18.6 Å². The standard InChI is InChI=1S/C9H17N3O4S/c1-17-5-4-11-9(16)12-6(8(14)15)2-3-7(10)13/h6H,2-5H2,1H3,(H2,10,13)(H,14,15)(H2,11,12,16)/t6-/m0/s1. The van der Waals surface area contributed by atoms with Crippen molar-refractivity contribution < 1.29 is 19.5 Å². The van der Waals surface area contributed by atoms with Gasteiger partial charge in [-0.3, -0.25) is 4.79 Å². The normalized spacial score (nSPS) is 11.6. The van der Waals surface area contributed by atoms with E-state index in [2.05, 4.69) is 10.6 Å². The van der Waals surface area contributed by atoms with Crippen LogP contribution in [0.2, 0.25) is 0 Å². The van der Waals surface area contributed by atoms with Gasteiger partial charge in [-0.2, -0.15) is 11.8 Å². The number of primary amides is 1. The largest absolute Gasteiger partial charge is 0.480 e. The highest BCUT2D eigenvalue weighted by atomic mass is 32.2. The molecule has 0 aromatic rings. The van der Waals surface area contributed by atoms with Gasteiger partial charge in [0, 0.05) is 18.7 Å². The molecule has 0 bridgehead atoms. The zero-order valence-corrected chi connectivity index (χ0v) is 10.4. The molecule has 8 heteroatoms. The van der Waals surface area contributed by atoms with E-state index in [9.17, 15) is 14.4 Å². The van der Waals surface area contributed by atoms with Crippen LogP contribution in [0.4, 0.5) is 4.79 Å². The molecule has 0 radical (unpaired) electrons. The Morgan fingerprint density at radius 1 is 1.41 bits per heavy atom. The fraction of sp³-hybridized carbons (Fsp3) is 0.667. The first-order valence-corrected chi connectivity index (χ1v) is 6.41. The van der Waals surface area contributed by atoms with Gasteiger partial charge in [-0.1, -0.05) is 0 Å². The van der Waals surface area contributed by atoms with Gasteiger partial charge in [0.1, 0.15) is 6.04 Å². The van der Waals surface area contributed by atoms with E-state index < -0.39 is 23.9 Å². The Hall–Kier alpha value is -1.44. The minimum atomic E-state index is -1.19. The monoisotopic (exact) mass is 263 g/mol. The van der Waals surface area contributed by atoms with E-state index in [0.717, 1.165) is 5.75 Å². The maximum Gasteiger partial charge on any atom is 0.326 e. The Balaban J connectivity index is 4.02. The molecule has 0 aliphatic heterocycles. The lowest BCUT2D eigenvalue weighted by Crippen LogP contribution is -2.46. The van der Waals surface area contributed by atoms with Gasteiger partial charge in [0.2, 0.25) is 5.91 Å². The molecule has 0 aromatic heterocycles. The van der Waals surface area contributed by atoms with Gasteiger partial charge in [-0.15, -0.1) is 0 Å². The second-order valence-corrected chi connectivity index (χ2v) is 4.27. The van der Waals surface area contributed by atoms with Gasteiger partial charge in [-0.25, -0.2) is 9.59 Å². The number of thioether (sulfide) groups is 1. The quantitative estimate of drug-likeness (QED) is 0.434. The Morgan fingerprint density at radius 3 is 2.53 bits per heavy atom. The fourth-order valence-electron chi connectivity index (χ4n) is 1.02. The first-order valence-electron chi connectivity index (χ1n) is 5.01. The van der Waals surface area contributed by atoms with E-state index >= 15 is 0 Å². The highest BCUT2D eigenvalue weighted by molar-refractivity contribution is 7.98. The Bertz CT molecular complexity index is 285. The third-order valence-corrected chi connectivity index (χ3v) is 2.49. The van der Waals surface area contributed by atoms with Gasteiger partial charge >= 0.3 is 12.0 Å². The van der Waals surface area contributed by atoms with Crippen molar-refractivity contribution in [1.29, 1.82) is 0 Å². The van der Waals surface area contributed by atoms with Crippen molar-refractivity contribution in [2.45, 2.75) is 18.9 Å². The number of nitrogens with two attached hydrogens (primary N) is 1. The molecule has 0 saturated carbocycles. The summed E-state index contributed by atoms with van der Waals surface area (Å²) in [5.41, 5.74) is 4.91. The van der Waals surface area contributed by atoms with Crippen LogP contribution in [-0.4, -0.2) is 47.6 Å². The minimum Gasteiger partial charge on any atom is -0.480 e. The summed E-state index contributed by atoms with van der Waals surface area (Å²) in [4.78, 5) is 32.6. The number of urea groups is 1. The average Bonchev–Trinajstić information content (AvgIpc) is 2.23. The first kappa shape index (κ1) is 15.6. The topological polar surface area (TPSA) is 122 Å². The van der Waals surface area contributed by atoms with Gasteiger partial charge in [0.15, 0.2) is 0 Å². The van der Waals surface area contributed by atoms with E-state index in [1.165, 1.54) is 0 Å². The fourth-order valence-corrected chi connectivity index (χ4v) is 1.33. The number of hydrogen-bond acceptors (Lipinski definition) is 4. The van der Waals surface area contributed by atoms with Crippen molar-refractivity contribution >= 4 is 29.7 Å². The van der Waals surface area contributed by atoms with Gasteiger partial charge in [0.25, 0.3) is 0 Å². The summed E-state index contributed by atoms with van der Waals surface area (Å²) < 4.78 is 0. The van der Waals surface area contributed by atoms with E-state index in [-0.39, 0.29) is 12.8 Å². The molecule has 0 heterocycles. The zero-order chi connectivity index (χ0) is 13.3. The lowest BCUT2D eigenvalue weighted by molar-refractivity contribution is -0.139. The van der Waals surface area contributed by atoms with Gasteiger partial charge < -0.3 is 21.5 Å². The number of amides is 3. The summed E-state index contributed by atoms with van der Waals surface area (Å²) in [5.74, 6) is -1.04. The molecule has 0 aliphatic rings. The summed E-state index contributed by atoms with van der Waals surface area (Å²) in [7, 11) is 0. The molecule has 98 valence electrons. The molecule has 1 atom stereocenters. The first-order chi connectivity index (χ1) is 7.97. The van der Waals surface area contributed by atoms with Gasteiger partial charge in [-0.05, 0) is 12.7 Å². The Kier molecular flexibility index (Phi) is 7.95. The maximum absolute atomic E-state index is 11.3. The molecule has 0 rings (SSSR count). The predicted molar refractivity (Wildman–Crippen MR) is 64.8 cm³/mol. The summed E-state index contributed by atoms with van der Waals surface area (Å²) in [6.07, 6.45) is 1.80. The minimum absolute atomic E-state index is 0.0133. The molecule has 17 heavy (non-hydrogen) atoms. The predicted octanol–water partition coefficient (Wildman–Crippen LogP) is -0.633. The molecular weight excluding hydrogens is 246 g/mol. The number of nitrogens with one attached hydrogen (secondary N) is 2. The maximum atomic E-state index is 11.3. The van der Waals surface area contributed by atoms with Crippen LogP contribution in [0.5, 0.6) is 0 Å². The van der Waals surface area contributed by atoms with E-state index in [4.69, 9.17) is 10.8 Å². The van der Waals surface area contributed by atoms with Crippen molar-refractivity contribution in [3.05, 3.63) is 0 Å². The second kappa shape index (κ2) is 8.68. The number of carboxylic acid groups (broad SMARTS) is 1. The average molecular weight is 263 g/mol. The molecule has 0 aliphatic carbocycles. The summed E-state index contributed by atoms with van der Waals surface area (Å²) in [5, 5.41) is 13.6. The molecule has 0 spiro atoms. The molecule has 0 fully saturated rings. The Labute approximate surface area is 104 Å². The Morgan fingerprint density at radius 2 is 2.06 bits per heavy atom. The van der Waals surface area contributed by atoms with Crippen molar-refractivity contribution in [3.63, 3.8) is 0 Å². The smallest absolute Gasteiger partial charge is 0.326 e. The number of aliphatic carboxylic acids is 1. The number of carbonyl (C=O) groups is 3. The third-order valence-electron chi connectivity index (χ3n) is 1.87. The third kappa shape index (κ3) is 8.38. The van der Waals surface area contributed by atoms with Crippen molar-refractivity contribution in [2.24, 2.45) is 5.73 Å². The lowest BCUT2D eigenvalue weighted by atomic mass is 10.1. The van der Waals surface area contributed by atoms with Crippen LogP contribution in [-0.2, 0) is 9.59 Å². The highest BCUT2D eigenvalue weighted by Crippen LogP contribution is 1.97. The molecule has 0 unspecified atom stereocenters. The van der Waals surface area contributed by atoms with Crippen LogP contribution in [0.3, 0.4) is 0 Å². The van der Waals surface area contributed by atoms with E-state index in [1.54, 1.807) is 11.8 Å². The van der Waals surface area contributed by atoms with Crippen LogP contribution >= 0.6 is 11.8 Å². The zero-order valence-electron chi connectivity index (χ0n) is 9.56. The van der Waals surface area contributed by atoms with Crippen LogP contribution < -0.4 is 16.4 Å². The SMILES string of the molecule is CSCCNC(=O)N[C@@H](CCC(N)=O)C(=O)O. The van der Waals surface area contributed by atoms with Crippen molar-refractivity contribution in [3.8, 4) is 0 Å². The molecule has 7 nitrogen and oxygen atoms in total. The summed E-state index contributed by atoms with van der Waals surface area (Å²) in [6.45, 7) is 0.454. The molecule has 0 saturated heterocycles. The number of carbonyl (C=O) groups excluding carboxylic acids is 2. The molecular formula is C9H17N3O4S. The van der Waals surface area contributed by atoms with E-state index in [0.29, 0.717) is 6.54 Å². The van der Waals surface area contributed by atoms with Crippen LogP contribution in [0.15, 0.2) is 0 Å².